The van der Waals surface area contributed by atoms with Gasteiger partial charge in [0.1, 0.15) is 0 Å². The van der Waals surface area contributed by atoms with Gasteiger partial charge < -0.3 is 5.32 Å². The standard InChI is InChI=1S/C20H15Br2NO/c21-16-8-6-14(7-9-16)13-23-19-11-10-17(22)12-18(19)20(24)15-4-2-1-3-5-15/h1-12,23H,13H2. The van der Waals surface area contributed by atoms with Crippen molar-refractivity contribution in [3.63, 3.8) is 0 Å². The van der Waals surface area contributed by atoms with E-state index in [9.17, 15) is 4.79 Å². The number of carbonyl (C=O) groups is 1. The van der Waals surface area contributed by atoms with Crippen molar-refractivity contribution in [3.05, 3.63) is 98.4 Å². The lowest BCUT2D eigenvalue weighted by molar-refractivity contribution is 0.103. The summed E-state index contributed by atoms with van der Waals surface area (Å²) < 4.78 is 1.94. The van der Waals surface area contributed by atoms with Gasteiger partial charge in [-0.25, -0.2) is 0 Å². The largest absolute Gasteiger partial charge is 0.380 e. The molecule has 0 aliphatic heterocycles. The summed E-state index contributed by atoms with van der Waals surface area (Å²) in [5.41, 5.74) is 3.32. The van der Waals surface area contributed by atoms with Crippen molar-refractivity contribution in [2.75, 3.05) is 5.32 Å². The maximum atomic E-state index is 12.8. The van der Waals surface area contributed by atoms with Gasteiger partial charge in [-0.15, -0.1) is 0 Å². The molecule has 0 saturated carbocycles. The van der Waals surface area contributed by atoms with Crippen LogP contribution in [-0.2, 0) is 6.54 Å². The molecule has 0 saturated heterocycles. The number of halogens is 2. The van der Waals surface area contributed by atoms with Crippen molar-refractivity contribution in [1.29, 1.82) is 0 Å². The van der Waals surface area contributed by atoms with Crippen LogP contribution in [0.1, 0.15) is 21.5 Å². The Morgan fingerprint density at radius 1 is 0.833 bits per heavy atom. The molecule has 24 heavy (non-hydrogen) atoms. The second-order valence-corrected chi connectivity index (χ2v) is 7.20. The van der Waals surface area contributed by atoms with E-state index in [-0.39, 0.29) is 5.78 Å². The molecule has 0 aliphatic rings. The van der Waals surface area contributed by atoms with Crippen LogP contribution in [0.25, 0.3) is 0 Å². The second kappa shape index (κ2) is 7.77. The molecule has 0 fully saturated rings. The van der Waals surface area contributed by atoms with E-state index in [4.69, 9.17) is 0 Å². The van der Waals surface area contributed by atoms with Gasteiger partial charge in [-0.1, -0.05) is 74.3 Å². The first kappa shape index (κ1) is 16.9. The van der Waals surface area contributed by atoms with Crippen LogP contribution in [0.3, 0.4) is 0 Å². The lowest BCUT2D eigenvalue weighted by Crippen LogP contribution is -2.08. The molecule has 3 rings (SSSR count). The van der Waals surface area contributed by atoms with Gasteiger partial charge >= 0.3 is 0 Å². The van der Waals surface area contributed by atoms with Gasteiger partial charge in [-0.2, -0.15) is 0 Å². The first-order valence-corrected chi connectivity index (χ1v) is 9.10. The summed E-state index contributed by atoms with van der Waals surface area (Å²) in [5, 5.41) is 3.37. The fourth-order valence-corrected chi connectivity index (χ4v) is 3.03. The maximum Gasteiger partial charge on any atom is 0.195 e. The van der Waals surface area contributed by atoms with Crippen molar-refractivity contribution < 1.29 is 4.79 Å². The summed E-state index contributed by atoms with van der Waals surface area (Å²) in [6.45, 7) is 0.657. The van der Waals surface area contributed by atoms with Gasteiger partial charge in [-0.05, 0) is 35.9 Å². The molecule has 4 heteroatoms. The number of carbonyl (C=O) groups excluding carboxylic acids is 1. The van der Waals surface area contributed by atoms with Gasteiger partial charge in [-0.3, -0.25) is 4.79 Å². The fraction of sp³-hybridized carbons (Fsp3) is 0.0500. The molecule has 0 amide bonds. The molecule has 0 heterocycles. The summed E-state index contributed by atoms with van der Waals surface area (Å²) in [7, 11) is 0. The summed E-state index contributed by atoms with van der Waals surface area (Å²) in [6.07, 6.45) is 0. The molecule has 0 atom stereocenters. The third-order valence-corrected chi connectivity index (χ3v) is 4.68. The first-order chi connectivity index (χ1) is 11.6. The fourth-order valence-electron chi connectivity index (χ4n) is 2.40. The number of rotatable bonds is 5. The van der Waals surface area contributed by atoms with Crippen molar-refractivity contribution >= 4 is 43.3 Å². The van der Waals surface area contributed by atoms with Crippen LogP contribution in [0.4, 0.5) is 5.69 Å². The van der Waals surface area contributed by atoms with Gasteiger partial charge in [0.15, 0.2) is 5.78 Å². The average Bonchev–Trinajstić information content (AvgIpc) is 2.62. The van der Waals surface area contributed by atoms with Crippen LogP contribution in [0.2, 0.25) is 0 Å². The molecule has 0 aromatic heterocycles. The normalized spacial score (nSPS) is 10.4. The minimum absolute atomic E-state index is 0.00945. The zero-order valence-corrected chi connectivity index (χ0v) is 16.0. The van der Waals surface area contributed by atoms with Gasteiger partial charge in [0.2, 0.25) is 0 Å². The highest BCUT2D eigenvalue weighted by Gasteiger charge is 2.14. The number of nitrogens with one attached hydrogen (secondary N) is 1. The zero-order valence-electron chi connectivity index (χ0n) is 12.8. The molecule has 0 unspecified atom stereocenters. The molecule has 0 spiro atoms. The van der Waals surface area contributed by atoms with E-state index in [1.165, 1.54) is 0 Å². The predicted molar refractivity (Wildman–Crippen MR) is 105 cm³/mol. The van der Waals surface area contributed by atoms with Gasteiger partial charge in [0.25, 0.3) is 0 Å². The number of anilines is 1. The van der Waals surface area contributed by atoms with Crippen LogP contribution in [-0.4, -0.2) is 5.78 Å². The van der Waals surface area contributed by atoms with E-state index in [0.29, 0.717) is 17.7 Å². The first-order valence-electron chi connectivity index (χ1n) is 7.51. The number of benzene rings is 3. The number of hydrogen-bond donors (Lipinski definition) is 1. The summed E-state index contributed by atoms with van der Waals surface area (Å²) in [5.74, 6) is 0.00945. The minimum Gasteiger partial charge on any atom is -0.380 e. The van der Waals surface area contributed by atoms with E-state index in [1.54, 1.807) is 0 Å². The van der Waals surface area contributed by atoms with Crippen LogP contribution in [0, 0.1) is 0 Å². The lowest BCUT2D eigenvalue weighted by Gasteiger charge is -2.12. The maximum absolute atomic E-state index is 12.8. The molecule has 1 N–H and O–H groups in total. The molecule has 3 aromatic rings. The highest BCUT2D eigenvalue weighted by Crippen LogP contribution is 2.24. The predicted octanol–water partition coefficient (Wildman–Crippen LogP) is 6.05. The van der Waals surface area contributed by atoms with Crippen molar-refractivity contribution in [1.82, 2.24) is 0 Å². The van der Waals surface area contributed by atoms with Crippen molar-refractivity contribution in [3.8, 4) is 0 Å². The molecule has 0 aliphatic carbocycles. The van der Waals surface area contributed by atoms with Crippen molar-refractivity contribution in [2.45, 2.75) is 6.54 Å². The summed E-state index contributed by atoms with van der Waals surface area (Å²) in [6, 6.07) is 23.2. The smallest absolute Gasteiger partial charge is 0.195 e. The Kier molecular flexibility index (Phi) is 5.48. The van der Waals surface area contributed by atoms with E-state index in [1.807, 2.05) is 60.7 Å². The molecule has 3 aromatic carbocycles. The van der Waals surface area contributed by atoms with E-state index in [0.717, 1.165) is 20.2 Å². The average molecular weight is 445 g/mol. The second-order valence-electron chi connectivity index (χ2n) is 5.37. The third kappa shape index (κ3) is 4.13. The van der Waals surface area contributed by atoms with Gasteiger partial charge in [0, 0.05) is 32.3 Å². The SMILES string of the molecule is O=C(c1ccccc1)c1cc(Br)ccc1NCc1ccc(Br)cc1. The Balaban J connectivity index is 1.85. The Hall–Kier alpha value is -1.91. The Bertz CT molecular complexity index is 845. The quantitative estimate of drug-likeness (QED) is 0.485. The Labute approximate surface area is 158 Å². The highest BCUT2D eigenvalue weighted by molar-refractivity contribution is 9.10. The van der Waals surface area contributed by atoms with Crippen LogP contribution in [0.5, 0.6) is 0 Å². The van der Waals surface area contributed by atoms with E-state index < -0.39 is 0 Å². The Morgan fingerprint density at radius 3 is 2.21 bits per heavy atom. The molecular weight excluding hydrogens is 430 g/mol. The van der Waals surface area contributed by atoms with Gasteiger partial charge in [0.05, 0.1) is 0 Å². The molecular formula is C20H15Br2NO. The zero-order chi connectivity index (χ0) is 16.9. The lowest BCUT2D eigenvalue weighted by atomic mass is 10.0. The van der Waals surface area contributed by atoms with E-state index >= 15 is 0 Å². The molecule has 0 radical (unpaired) electrons. The Morgan fingerprint density at radius 2 is 1.50 bits per heavy atom. The molecule has 0 bridgehead atoms. The summed E-state index contributed by atoms with van der Waals surface area (Å²) in [4.78, 5) is 12.8. The molecule has 120 valence electrons. The third-order valence-electron chi connectivity index (χ3n) is 3.66. The van der Waals surface area contributed by atoms with Crippen LogP contribution in [0.15, 0.2) is 81.7 Å². The van der Waals surface area contributed by atoms with E-state index in [2.05, 4.69) is 49.3 Å². The minimum atomic E-state index is 0.00945. The van der Waals surface area contributed by atoms with Crippen LogP contribution < -0.4 is 5.32 Å². The number of hydrogen-bond acceptors (Lipinski definition) is 2. The monoisotopic (exact) mass is 443 g/mol. The summed E-state index contributed by atoms with van der Waals surface area (Å²) >= 11 is 6.89. The molecule has 2 nitrogen and oxygen atoms in total. The topological polar surface area (TPSA) is 29.1 Å². The highest BCUT2D eigenvalue weighted by atomic mass is 79.9. The van der Waals surface area contributed by atoms with Crippen molar-refractivity contribution in [2.24, 2.45) is 0 Å². The van der Waals surface area contributed by atoms with Crippen LogP contribution >= 0.6 is 31.9 Å². The number of ketones is 1.